The number of fused-ring (bicyclic) bond motifs is 1. The first kappa shape index (κ1) is 26.9. The van der Waals surface area contributed by atoms with Gasteiger partial charge in [-0.05, 0) is 24.8 Å². The van der Waals surface area contributed by atoms with Gasteiger partial charge < -0.3 is 15.0 Å². The number of carbonyl (C=O) groups excluding carboxylic acids is 3. The van der Waals surface area contributed by atoms with Gasteiger partial charge in [-0.3, -0.25) is 19.7 Å². The van der Waals surface area contributed by atoms with Gasteiger partial charge in [0.25, 0.3) is 0 Å². The van der Waals surface area contributed by atoms with Crippen LogP contribution in [0.3, 0.4) is 0 Å². The summed E-state index contributed by atoms with van der Waals surface area (Å²) in [6.45, 7) is 3.02. The summed E-state index contributed by atoms with van der Waals surface area (Å²) < 4.78 is 4.81. The summed E-state index contributed by atoms with van der Waals surface area (Å²) in [4.78, 5) is 40.2. The summed E-state index contributed by atoms with van der Waals surface area (Å²) in [5.41, 5.74) is 3.16. The molecule has 0 radical (unpaired) electrons. The maximum Gasteiger partial charge on any atom is 0.307 e. The predicted molar refractivity (Wildman–Crippen MR) is 136 cm³/mol. The number of ether oxygens (including phenoxy) is 1. The molecule has 2 aliphatic rings. The quantitative estimate of drug-likeness (QED) is 0.330. The number of carbonyl (C=O) groups is 3. The van der Waals surface area contributed by atoms with Gasteiger partial charge in [0.05, 0.1) is 20.0 Å². The highest BCUT2D eigenvalue weighted by atomic mass is 16.5. The molecular weight excluding hydrogens is 442 g/mol. The molecule has 3 N–H and O–H groups in total. The minimum atomic E-state index is -0.576. The summed E-state index contributed by atoms with van der Waals surface area (Å²) in [7, 11) is 1.37. The van der Waals surface area contributed by atoms with Crippen molar-refractivity contribution >= 4 is 29.0 Å². The molecule has 1 unspecified atom stereocenters. The highest BCUT2D eigenvalue weighted by molar-refractivity contribution is 5.94. The second-order valence-corrected chi connectivity index (χ2v) is 9.83. The van der Waals surface area contributed by atoms with Gasteiger partial charge in [-0.1, -0.05) is 64.0 Å². The molecule has 2 amide bonds. The number of methoxy groups -OCH3 is 1. The lowest BCUT2D eigenvalue weighted by Gasteiger charge is -2.30. The first-order chi connectivity index (χ1) is 17.0. The number of nitrogens with zero attached hydrogens (tertiary/aromatic N) is 1. The van der Waals surface area contributed by atoms with Crippen LogP contribution in [-0.2, 0) is 19.1 Å². The number of nitrogens with two attached hydrogens (primary N) is 1. The molecule has 1 aromatic carbocycles. The van der Waals surface area contributed by atoms with Crippen LogP contribution < -0.4 is 10.6 Å². The summed E-state index contributed by atoms with van der Waals surface area (Å²) in [6.07, 6.45) is 12.0. The smallest absolute Gasteiger partial charge is 0.307 e. The van der Waals surface area contributed by atoms with Gasteiger partial charge in [0.1, 0.15) is 17.9 Å². The number of hydrogen-bond donors (Lipinski definition) is 2. The van der Waals surface area contributed by atoms with Crippen LogP contribution in [0.25, 0.3) is 5.57 Å². The Kier molecular flexibility index (Phi) is 10.8. The third kappa shape index (κ3) is 8.20. The minimum absolute atomic E-state index is 0.0844. The zero-order valence-electron chi connectivity index (χ0n) is 21.4. The molecule has 35 heavy (non-hydrogen) atoms. The third-order valence-corrected chi connectivity index (χ3v) is 7.26. The van der Waals surface area contributed by atoms with Crippen LogP contribution >= 0.6 is 0 Å². The lowest BCUT2D eigenvalue weighted by molar-refractivity contribution is -0.491. The molecule has 0 aromatic heterocycles. The molecular formula is C28H42N3O4+. The van der Waals surface area contributed by atoms with Gasteiger partial charge in [-0.2, -0.15) is 0 Å². The van der Waals surface area contributed by atoms with E-state index >= 15 is 0 Å². The van der Waals surface area contributed by atoms with E-state index in [-0.39, 0.29) is 30.6 Å². The molecule has 1 fully saturated rings. The summed E-state index contributed by atoms with van der Waals surface area (Å²) in [5.74, 6) is 0.0825. The first-order valence-electron chi connectivity index (χ1n) is 13.3. The highest BCUT2D eigenvalue weighted by Crippen LogP contribution is 2.27. The van der Waals surface area contributed by atoms with E-state index in [0.717, 1.165) is 36.1 Å². The summed E-state index contributed by atoms with van der Waals surface area (Å²) in [5, 5.41) is 5.05. The van der Waals surface area contributed by atoms with E-state index in [2.05, 4.69) is 12.2 Å². The average molecular weight is 485 g/mol. The summed E-state index contributed by atoms with van der Waals surface area (Å²) in [6, 6.07) is 7.45. The minimum Gasteiger partial charge on any atom is -0.469 e. The number of benzene rings is 1. The molecule has 0 spiro atoms. The monoisotopic (exact) mass is 484 g/mol. The maximum atomic E-state index is 13.6. The topological polar surface area (TPSA) is 92.3 Å². The maximum absolute atomic E-state index is 13.6. The van der Waals surface area contributed by atoms with Crippen molar-refractivity contribution in [2.24, 2.45) is 5.92 Å². The Morgan fingerprint density at radius 1 is 1.14 bits per heavy atom. The molecule has 1 heterocycles. The van der Waals surface area contributed by atoms with E-state index in [1.165, 1.54) is 39.2 Å². The van der Waals surface area contributed by atoms with Crippen molar-refractivity contribution in [1.82, 2.24) is 10.2 Å². The van der Waals surface area contributed by atoms with Crippen molar-refractivity contribution in [3.05, 3.63) is 36.0 Å². The van der Waals surface area contributed by atoms with Crippen LogP contribution in [0.4, 0.5) is 5.69 Å². The van der Waals surface area contributed by atoms with Gasteiger partial charge in [-0.15, -0.1) is 0 Å². The second-order valence-electron chi connectivity index (χ2n) is 9.83. The molecule has 0 bridgehead atoms. The molecule has 1 aliphatic heterocycles. The standard InChI is InChI=1S/C28H41N3O4/c1-3-4-13-25(30-26(32)19-22-20-29-24-14-9-8-12-23(22)24)28(34)31(18-16-27(33)35-2)17-15-21-10-6-5-7-11-21/h8-9,12,14,20-21,25,29H,3-7,10-11,13,15-19H2,1-2H3,(H,30,32)/p+1. The molecule has 7 nitrogen and oxygen atoms in total. The van der Waals surface area contributed by atoms with Crippen molar-refractivity contribution in [1.29, 1.82) is 0 Å². The first-order valence-corrected chi connectivity index (χ1v) is 13.3. The molecule has 3 rings (SSSR count). The van der Waals surface area contributed by atoms with E-state index in [0.29, 0.717) is 25.4 Å². The number of amides is 2. The zero-order chi connectivity index (χ0) is 25.0. The fourth-order valence-electron chi connectivity index (χ4n) is 5.15. The molecule has 0 saturated heterocycles. The van der Waals surface area contributed by atoms with Crippen LogP contribution in [0.15, 0.2) is 30.5 Å². The van der Waals surface area contributed by atoms with Crippen molar-refractivity contribution in [3.8, 4) is 0 Å². The normalized spacial score (nSPS) is 16.2. The number of unbranched alkanes of at least 4 members (excludes halogenated alkanes) is 1. The van der Waals surface area contributed by atoms with E-state index in [9.17, 15) is 14.4 Å². The van der Waals surface area contributed by atoms with E-state index in [4.69, 9.17) is 4.74 Å². The number of quaternary nitrogens is 1. The van der Waals surface area contributed by atoms with Crippen LogP contribution in [0, 0.1) is 5.92 Å². The van der Waals surface area contributed by atoms with Gasteiger partial charge in [-0.25, -0.2) is 0 Å². The molecule has 1 saturated carbocycles. The van der Waals surface area contributed by atoms with Crippen LogP contribution in [0.5, 0.6) is 0 Å². The van der Waals surface area contributed by atoms with Crippen molar-refractivity contribution < 1.29 is 24.4 Å². The Labute approximate surface area is 209 Å². The summed E-state index contributed by atoms with van der Waals surface area (Å²) >= 11 is 0. The molecule has 7 heteroatoms. The Bertz CT molecular complexity index is 892. The Balaban J connectivity index is 1.64. The largest absolute Gasteiger partial charge is 0.469 e. The highest BCUT2D eigenvalue weighted by Gasteiger charge is 2.28. The van der Waals surface area contributed by atoms with Gasteiger partial charge >= 0.3 is 5.97 Å². The lowest BCUT2D eigenvalue weighted by Crippen LogP contribution is -2.69. The SMILES string of the molecule is CCCCC(NC(=O)CC1=C[NH2+]c2ccccc21)C(=O)N(CCC(=O)OC)CCC1CCCCC1. The number of para-hydroxylation sites is 1. The number of nitrogens with one attached hydrogen (secondary N) is 1. The number of esters is 1. The van der Waals surface area contributed by atoms with E-state index < -0.39 is 6.04 Å². The Morgan fingerprint density at radius 3 is 2.66 bits per heavy atom. The van der Waals surface area contributed by atoms with E-state index in [1.54, 1.807) is 4.90 Å². The fraction of sp³-hybridized carbons (Fsp3) is 0.607. The zero-order valence-corrected chi connectivity index (χ0v) is 21.4. The van der Waals surface area contributed by atoms with Crippen molar-refractivity contribution in [2.45, 2.75) is 83.6 Å². The fourth-order valence-corrected chi connectivity index (χ4v) is 5.15. The van der Waals surface area contributed by atoms with Gasteiger partial charge in [0, 0.05) is 30.3 Å². The molecule has 1 atom stereocenters. The lowest BCUT2D eigenvalue weighted by atomic mass is 9.87. The Hall–Kier alpha value is -2.67. The van der Waals surface area contributed by atoms with Crippen LogP contribution in [0.2, 0.25) is 0 Å². The Morgan fingerprint density at radius 2 is 1.91 bits per heavy atom. The van der Waals surface area contributed by atoms with Crippen LogP contribution in [-0.4, -0.2) is 48.9 Å². The van der Waals surface area contributed by atoms with Gasteiger partial charge in [0.15, 0.2) is 0 Å². The third-order valence-electron chi connectivity index (χ3n) is 7.26. The molecule has 1 aliphatic carbocycles. The average Bonchev–Trinajstić information content (AvgIpc) is 3.29. The van der Waals surface area contributed by atoms with Crippen molar-refractivity contribution in [3.63, 3.8) is 0 Å². The van der Waals surface area contributed by atoms with Crippen LogP contribution in [0.1, 0.15) is 83.1 Å². The predicted octanol–water partition coefficient (Wildman–Crippen LogP) is 3.66. The molecule has 192 valence electrons. The number of rotatable bonds is 13. The second kappa shape index (κ2) is 14.0. The van der Waals surface area contributed by atoms with E-state index in [1.807, 2.05) is 35.8 Å². The number of hydrogen-bond acceptors (Lipinski definition) is 4. The molecule has 1 aromatic rings. The van der Waals surface area contributed by atoms with Gasteiger partial charge in [0.2, 0.25) is 11.8 Å². The van der Waals surface area contributed by atoms with Crippen molar-refractivity contribution in [2.75, 3.05) is 20.2 Å².